The number of halogens is 1. The summed E-state index contributed by atoms with van der Waals surface area (Å²) in [4.78, 5) is 16.9. The highest BCUT2D eigenvalue weighted by molar-refractivity contribution is 7.92. The Morgan fingerprint density at radius 1 is 1.09 bits per heavy atom. The first-order valence-electron chi connectivity index (χ1n) is 9.80. The van der Waals surface area contributed by atoms with Gasteiger partial charge in [0.15, 0.2) is 0 Å². The Morgan fingerprint density at radius 3 is 2.28 bits per heavy atom. The van der Waals surface area contributed by atoms with Gasteiger partial charge in [0, 0.05) is 18.1 Å². The minimum absolute atomic E-state index is 0.246. The number of nitrogens with zero attached hydrogens (tertiary/aromatic N) is 2. The third-order valence-electron chi connectivity index (χ3n) is 4.86. The van der Waals surface area contributed by atoms with E-state index in [4.69, 9.17) is 16.3 Å². The Labute approximate surface area is 193 Å². The minimum atomic E-state index is -3.76. The molecule has 0 unspecified atom stereocenters. The molecule has 0 aliphatic rings. The molecule has 1 atom stereocenters. The SMILES string of the molecule is COc1ccc(N([C@H](C)C(=O)Nc2ccc(Cc3ccncc3)cc2)S(C)(=O)=O)cc1Cl. The molecule has 0 aliphatic carbocycles. The number of pyridine rings is 1. The summed E-state index contributed by atoms with van der Waals surface area (Å²) >= 11 is 6.16. The summed E-state index contributed by atoms with van der Waals surface area (Å²) in [6.07, 6.45) is 5.28. The lowest BCUT2D eigenvalue weighted by Crippen LogP contribution is -2.45. The van der Waals surface area contributed by atoms with Crippen molar-refractivity contribution < 1.29 is 17.9 Å². The summed E-state index contributed by atoms with van der Waals surface area (Å²) in [6, 6.07) is 14.9. The zero-order valence-electron chi connectivity index (χ0n) is 17.9. The van der Waals surface area contributed by atoms with E-state index in [0.717, 1.165) is 28.1 Å². The summed E-state index contributed by atoms with van der Waals surface area (Å²) in [6.45, 7) is 1.52. The molecule has 32 heavy (non-hydrogen) atoms. The van der Waals surface area contributed by atoms with Crippen LogP contribution in [0, 0.1) is 0 Å². The van der Waals surface area contributed by atoms with E-state index in [1.165, 1.54) is 20.1 Å². The minimum Gasteiger partial charge on any atom is -0.495 e. The summed E-state index contributed by atoms with van der Waals surface area (Å²) < 4.78 is 31.1. The zero-order valence-corrected chi connectivity index (χ0v) is 19.5. The van der Waals surface area contributed by atoms with E-state index in [0.29, 0.717) is 11.4 Å². The van der Waals surface area contributed by atoms with E-state index < -0.39 is 22.0 Å². The lowest BCUT2D eigenvalue weighted by atomic mass is 10.1. The maximum absolute atomic E-state index is 12.9. The molecular formula is C23H24ClN3O4S. The van der Waals surface area contributed by atoms with E-state index in [1.807, 2.05) is 24.3 Å². The van der Waals surface area contributed by atoms with Crippen molar-refractivity contribution in [2.75, 3.05) is 23.0 Å². The van der Waals surface area contributed by atoms with Gasteiger partial charge in [-0.3, -0.25) is 14.1 Å². The van der Waals surface area contributed by atoms with Crippen LogP contribution < -0.4 is 14.4 Å². The van der Waals surface area contributed by atoms with Gasteiger partial charge in [-0.15, -0.1) is 0 Å². The number of nitrogens with one attached hydrogen (secondary N) is 1. The summed E-state index contributed by atoms with van der Waals surface area (Å²) in [5, 5.41) is 3.03. The average Bonchev–Trinajstić information content (AvgIpc) is 2.75. The van der Waals surface area contributed by atoms with Crippen molar-refractivity contribution >= 4 is 38.9 Å². The summed E-state index contributed by atoms with van der Waals surface area (Å²) in [5.74, 6) is -0.0583. The third kappa shape index (κ3) is 5.77. The number of hydrogen-bond acceptors (Lipinski definition) is 5. The lowest BCUT2D eigenvalue weighted by Gasteiger charge is -2.28. The molecule has 3 rings (SSSR count). The molecule has 0 saturated carbocycles. The van der Waals surface area contributed by atoms with Crippen LogP contribution in [0.4, 0.5) is 11.4 Å². The van der Waals surface area contributed by atoms with Gasteiger partial charge in [0.25, 0.3) is 0 Å². The highest BCUT2D eigenvalue weighted by Gasteiger charge is 2.29. The number of ether oxygens (including phenoxy) is 1. The first-order chi connectivity index (χ1) is 15.2. The summed E-state index contributed by atoms with van der Waals surface area (Å²) in [5.41, 5.74) is 3.05. The van der Waals surface area contributed by atoms with Gasteiger partial charge in [0.05, 0.1) is 24.1 Å². The van der Waals surface area contributed by atoms with Crippen LogP contribution in [-0.2, 0) is 21.2 Å². The van der Waals surface area contributed by atoms with Crippen molar-refractivity contribution in [1.29, 1.82) is 0 Å². The van der Waals surface area contributed by atoms with Gasteiger partial charge in [-0.2, -0.15) is 0 Å². The number of aromatic nitrogens is 1. The molecule has 7 nitrogen and oxygen atoms in total. The molecule has 168 valence electrons. The van der Waals surface area contributed by atoms with E-state index in [-0.39, 0.29) is 10.7 Å². The topological polar surface area (TPSA) is 88.6 Å². The number of anilines is 2. The molecule has 2 aromatic carbocycles. The number of hydrogen-bond donors (Lipinski definition) is 1. The van der Waals surface area contributed by atoms with Crippen molar-refractivity contribution in [3.8, 4) is 5.75 Å². The first-order valence-corrected chi connectivity index (χ1v) is 12.0. The maximum atomic E-state index is 12.9. The quantitative estimate of drug-likeness (QED) is 0.531. The number of benzene rings is 2. The first kappa shape index (κ1) is 23.6. The lowest BCUT2D eigenvalue weighted by molar-refractivity contribution is -0.116. The second kappa shape index (κ2) is 10.0. The zero-order chi connectivity index (χ0) is 23.3. The molecule has 0 saturated heterocycles. The van der Waals surface area contributed by atoms with Gasteiger partial charge in [-0.05, 0) is 66.9 Å². The van der Waals surface area contributed by atoms with Gasteiger partial charge < -0.3 is 10.1 Å². The van der Waals surface area contributed by atoms with E-state index in [2.05, 4.69) is 10.3 Å². The average molecular weight is 474 g/mol. The fraction of sp³-hybridized carbons (Fsp3) is 0.217. The molecule has 1 aromatic heterocycles. The molecule has 0 aliphatic heterocycles. The molecule has 1 amide bonds. The largest absolute Gasteiger partial charge is 0.495 e. The molecule has 1 N–H and O–H groups in total. The standard InChI is InChI=1S/C23H24ClN3O4S/c1-16(27(32(3,29)30)20-8-9-22(31-2)21(24)15-20)23(28)26-19-6-4-17(5-7-19)14-18-10-12-25-13-11-18/h4-13,15-16H,14H2,1-3H3,(H,26,28)/t16-/m1/s1. The number of amides is 1. The van der Waals surface area contributed by atoms with Crippen LogP contribution in [0.15, 0.2) is 67.0 Å². The van der Waals surface area contributed by atoms with Gasteiger partial charge in [0.2, 0.25) is 15.9 Å². The van der Waals surface area contributed by atoms with Crippen LogP contribution >= 0.6 is 11.6 Å². The second-order valence-corrected chi connectivity index (χ2v) is 9.54. The van der Waals surface area contributed by atoms with Crippen molar-refractivity contribution in [2.24, 2.45) is 0 Å². The Hall–Kier alpha value is -3.10. The van der Waals surface area contributed by atoms with Crippen LogP contribution in [0.1, 0.15) is 18.1 Å². The molecular weight excluding hydrogens is 450 g/mol. The normalized spacial score (nSPS) is 12.1. The van der Waals surface area contributed by atoms with E-state index in [1.54, 1.807) is 36.7 Å². The Bertz CT molecular complexity index is 1190. The van der Waals surface area contributed by atoms with E-state index >= 15 is 0 Å². The Kier molecular flexibility index (Phi) is 7.37. The monoisotopic (exact) mass is 473 g/mol. The van der Waals surface area contributed by atoms with Gasteiger partial charge in [-0.25, -0.2) is 8.42 Å². The van der Waals surface area contributed by atoms with Crippen LogP contribution in [0.3, 0.4) is 0 Å². The molecule has 0 radical (unpaired) electrons. The van der Waals surface area contributed by atoms with Gasteiger partial charge >= 0.3 is 0 Å². The van der Waals surface area contributed by atoms with Crippen LogP contribution in [-0.4, -0.2) is 38.7 Å². The fourth-order valence-electron chi connectivity index (χ4n) is 3.29. The predicted octanol–water partition coefficient (Wildman–Crippen LogP) is 4.13. The van der Waals surface area contributed by atoms with Crippen LogP contribution in [0.2, 0.25) is 5.02 Å². The fourth-order valence-corrected chi connectivity index (χ4v) is 4.71. The number of methoxy groups -OCH3 is 1. The highest BCUT2D eigenvalue weighted by Crippen LogP contribution is 2.31. The number of carbonyl (C=O) groups is 1. The highest BCUT2D eigenvalue weighted by atomic mass is 35.5. The molecule has 0 spiro atoms. The molecule has 3 aromatic rings. The Morgan fingerprint density at radius 2 is 1.72 bits per heavy atom. The predicted molar refractivity (Wildman–Crippen MR) is 127 cm³/mol. The van der Waals surface area contributed by atoms with Gasteiger partial charge in [-0.1, -0.05) is 23.7 Å². The maximum Gasteiger partial charge on any atom is 0.247 e. The number of rotatable bonds is 8. The van der Waals surface area contributed by atoms with Crippen molar-refractivity contribution in [3.63, 3.8) is 0 Å². The van der Waals surface area contributed by atoms with Crippen LogP contribution in [0.25, 0.3) is 0 Å². The molecule has 9 heteroatoms. The van der Waals surface area contributed by atoms with Crippen molar-refractivity contribution in [3.05, 3.63) is 83.1 Å². The number of carbonyl (C=O) groups excluding carboxylic acids is 1. The molecule has 0 bridgehead atoms. The number of sulfonamides is 1. The second-order valence-electron chi connectivity index (χ2n) is 7.27. The Balaban J connectivity index is 1.75. The summed E-state index contributed by atoms with van der Waals surface area (Å²) in [7, 11) is -2.30. The molecule has 1 heterocycles. The van der Waals surface area contributed by atoms with Crippen molar-refractivity contribution in [1.82, 2.24) is 4.98 Å². The van der Waals surface area contributed by atoms with Gasteiger partial charge in [0.1, 0.15) is 11.8 Å². The van der Waals surface area contributed by atoms with Crippen LogP contribution in [0.5, 0.6) is 5.75 Å². The third-order valence-corrected chi connectivity index (χ3v) is 6.39. The smallest absolute Gasteiger partial charge is 0.247 e. The molecule has 0 fully saturated rings. The van der Waals surface area contributed by atoms with Crippen molar-refractivity contribution in [2.45, 2.75) is 19.4 Å². The van der Waals surface area contributed by atoms with E-state index in [9.17, 15) is 13.2 Å².